The molecule has 3 nitrogen and oxygen atoms in total. The molecule has 0 radical (unpaired) electrons. The molecule has 2 aromatic rings. The van der Waals surface area contributed by atoms with Gasteiger partial charge in [-0.2, -0.15) is 0 Å². The Morgan fingerprint density at radius 2 is 1.88 bits per heavy atom. The van der Waals surface area contributed by atoms with Crippen molar-refractivity contribution >= 4 is 22.6 Å². The van der Waals surface area contributed by atoms with Crippen LogP contribution in [0, 0.1) is 15.2 Å². The van der Waals surface area contributed by atoms with Crippen molar-refractivity contribution in [3.8, 4) is 0 Å². The Kier molecular flexibility index (Phi) is 3.51. The summed E-state index contributed by atoms with van der Waals surface area (Å²) < 4.78 is 26.4. The molecule has 1 heterocycles. The van der Waals surface area contributed by atoms with Crippen LogP contribution in [-0.2, 0) is 6.42 Å². The van der Waals surface area contributed by atoms with Crippen LogP contribution in [0.4, 0.5) is 8.78 Å². The SMILES string of the molecule is O=c1[nH]c(Cc2cc(F)cc(F)c2)ncc1I. The first-order valence-electron chi connectivity index (χ1n) is 4.73. The third kappa shape index (κ3) is 3.09. The monoisotopic (exact) mass is 348 g/mol. The van der Waals surface area contributed by atoms with Crippen LogP contribution >= 0.6 is 22.6 Å². The Morgan fingerprint density at radius 1 is 1.24 bits per heavy atom. The maximum absolute atomic E-state index is 12.9. The van der Waals surface area contributed by atoms with E-state index in [2.05, 4.69) is 9.97 Å². The quantitative estimate of drug-likeness (QED) is 0.847. The van der Waals surface area contributed by atoms with E-state index < -0.39 is 11.6 Å². The van der Waals surface area contributed by atoms with Gasteiger partial charge < -0.3 is 4.98 Å². The fourth-order valence-electron chi connectivity index (χ4n) is 1.41. The summed E-state index contributed by atoms with van der Waals surface area (Å²) in [6, 6.07) is 3.22. The molecule has 2 rings (SSSR count). The molecular weight excluding hydrogens is 341 g/mol. The van der Waals surface area contributed by atoms with Gasteiger partial charge in [-0.25, -0.2) is 13.8 Å². The van der Waals surface area contributed by atoms with Gasteiger partial charge >= 0.3 is 0 Å². The van der Waals surface area contributed by atoms with Crippen molar-refractivity contribution in [3.05, 3.63) is 61.3 Å². The zero-order valence-corrected chi connectivity index (χ0v) is 10.7. The largest absolute Gasteiger partial charge is 0.309 e. The molecule has 0 spiro atoms. The minimum absolute atomic E-state index is 0.181. The van der Waals surface area contributed by atoms with Gasteiger partial charge in [-0.3, -0.25) is 4.79 Å². The van der Waals surface area contributed by atoms with Gasteiger partial charge in [0.2, 0.25) is 0 Å². The molecule has 0 saturated heterocycles. The Balaban J connectivity index is 2.31. The summed E-state index contributed by atoms with van der Waals surface area (Å²) in [4.78, 5) is 17.8. The molecule has 6 heteroatoms. The lowest BCUT2D eigenvalue weighted by Crippen LogP contribution is -2.14. The van der Waals surface area contributed by atoms with Gasteiger partial charge in [0.1, 0.15) is 17.5 Å². The standard InChI is InChI=1S/C11H7F2IN2O/c12-7-1-6(2-8(13)4-7)3-10-15-5-9(14)11(17)16-10/h1-2,4-5H,3H2,(H,15,16,17). The second-order valence-corrected chi connectivity index (χ2v) is 4.62. The summed E-state index contributed by atoms with van der Waals surface area (Å²) in [5, 5.41) is 0. The van der Waals surface area contributed by atoms with Gasteiger partial charge in [0.15, 0.2) is 0 Å². The molecule has 0 aliphatic carbocycles. The molecule has 0 aliphatic heterocycles. The van der Waals surface area contributed by atoms with E-state index in [1.54, 1.807) is 0 Å². The highest BCUT2D eigenvalue weighted by Crippen LogP contribution is 2.10. The molecule has 0 bridgehead atoms. The molecule has 17 heavy (non-hydrogen) atoms. The van der Waals surface area contributed by atoms with E-state index in [1.165, 1.54) is 18.3 Å². The lowest BCUT2D eigenvalue weighted by molar-refractivity contribution is 0.580. The summed E-state index contributed by atoms with van der Waals surface area (Å²) in [5.41, 5.74) is 0.166. The van der Waals surface area contributed by atoms with Crippen LogP contribution in [0.1, 0.15) is 11.4 Å². The minimum atomic E-state index is -0.646. The molecule has 1 N–H and O–H groups in total. The third-order valence-corrected chi connectivity index (χ3v) is 2.87. The topological polar surface area (TPSA) is 45.8 Å². The van der Waals surface area contributed by atoms with Crippen LogP contribution in [0.25, 0.3) is 0 Å². The third-order valence-electron chi connectivity index (χ3n) is 2.10. The van der Waals surface area contributed by atoms with Gasteiger partial charge in [0.25, 0.3) is 5.56 Å². The zero-order valence-electron chi connectivity index (χ0n) is 8.51. The van der Waals surface area contributed by atoms with Gasteiger partial charge in [0, 0.05) is 18.7 Å². The highest BCUT2D eigenvalue weighted by atomic mass is 127. The number of rotatable bonds is 2. The smallest absolute Gasteiger partial charge is 0.264 e. The van der Waals surface area contributed by atoms with Crippen molar-refractivity contribution < 1.29 is 8.78 Å². The number of hydrogen-bond donors (Lipinski definition) is 1. The second-order valence-electron chi connectivity index (χ2n) is 3.46. The Hall–Kier alpha value is -1.31. The van der Waals surface area contributed by atoms with Crippen molar-refractivity contribution in [2.45, 2.75) is 6.42 Å². The maximum Gasteiger partial charge on any atom is 0.264 e. The molecular formula is C11H7F2IN2O. The Morgan fingerprint density at radius 3 is 2.47 bits per heavy atom. The summed E-state index contributed by atoms with van der Waals surface area (Å²) >= 11 is 1.86. The summed E-state index contributed by atoms with van der Waals surface area (Å²) in [7, 11) is 0. The fraction of sp³-hybridized carbons (Fsp3) is 0.0909. The lowest BCUT2D eigenvalue weighted by atomic mass is 10.1. The van der Waals surface area contributed by atoms with Crippen molar-refractivity contribution in [1.29, 1.82) is 0 Å². The van der Waals surface area contributed by atoms with E-state index in [-0.39, 0.29) is 12.0 Å². The average molecular weight is 348 g/mol. The first kappa shape index (κ1) is 12.2. The van der Waals surface area contributed by atoms with Gasteiger partial charge in [-0.1, -0.05) is 0 Å². The first-order valence-corrected chi connectivity index (χ1v) is 5.81. The lowest BCUT2D eigenvalue weighted by Gasteiger charge is -2.02. The van der Waals surface area contributed by atoms with E-state index in [0.29, 0.717) is 15.0 Å². The number of halogens is 3. The van der Waals surface area contributed by atoms with Crippen molar-refractivity contribution in [3.63, 3.8) is 0 Å². The zero-order chi connectivity index (χ0) is 12.4. The summed E-state index contributed by atoms with van der Waals surface area (Å²) in [5.74, 6) is -0.916. The van der Waals surface area contributed by atoms with E-state index >= 15 is 0 Å². The number of aromatic nitrogens is 2. The van der Waals surface area contributed by atoms with Crippen LogP contribution in [-0.4, -0.2) is 9.97 Å². The summed E-state index contributed by atoms with van der Waals surface area (Å²) in [6.45, 7) is 0. The van der Waals surface area contributed by atoms with Crippen LogP contribution < -0.4 is 5.56 Å². The average Bonchev–Trinajstić information content (AvgIpc) is 2.22. The number of H-pyrrole nitrogens is 1. The molecule has 88 valence electrons. The molecule has 1 aromatic heterocycles. The van der Waals surface area contributed by atoms with Gasteiger partial charge in [-0.15, -0.1) is 0 Å². The molecule has 0 amide bonds. The highest BCUT2D eigenvalue weighted by Gasteiger charge is 2.04. The normalized spacial score (nSPS) is 10.5. The molecule has 0 saturated carbocycles. The minimum Gasteiger partial charge on any atom is -0.309 e. The number of hydrogen-bond acceptors (Lipinski definition) is 2. The van der Waals surface area contributed by atoms with Crippen molar-refractivity contribution in [2.24, 2.45) is 0 Å². The molecule has 1 aromatic carbocycles. The number of nitrogens with one attached hydrogen (secondary N) is 1. The predicted octanol–water partition coefficient (Wildman–Crippen LogP) is 2.24. The van der Waals surface area contributed by atoms with E-state index in [9.17, 15) is 13.6 Å². The first-order chi connectivity index (χ1) is 8.04. The van der Waals surface area contributed by atoms with Crippen molar-refractivity contribution in [2.75, 3.05) is 0 Å². The molecule has 0 atom stereocenters. The molecule has 0 unspecified atom stereocenters. The number of aromatic amines is 1. The maximum atomic E-state index is 12.9. The van der Waals surface area contributed by atoms with Crippen LogP contribution in [0.5, 0.6) is 0 Å². The number of nitrogens with zero attached hydrogens (tertiary/aromatic N) is 1. The summed E-state index contributed by atoms with van der Waals surface area (Å²) in [6.07, 6.45) is 1.60. The Bertz CT molecular complexity index is 592. The van der Waals surface area contributed by atoms with Gasteiger partial charge in [0.05, 0.1) is 3.57 Å². The van der Waals surface area contributed by atoms with Crippen molar-refractivity contribution in [1.82, 2.24) is 9.97 Å². The second kappa shape index (κ2) is 4.91. The van der Waals surface area contributed by atoms with E-state index in [1.807, 2.05) is 22.6 Å². The predicted molar refractivity (Wildman–Crippen MR) is 66.7 cm³/mol. The van der Waals surface area contributed by atoms with E-state index in [4.69, 9.17) is 0 Å². The van der Waals surface area contributed by atoms with Crippen LogP contribution in [0.3, 0.4) is 0 Å². The highest BCUT2D eigenvalue weighted by molar-refractivity contribution is 14.1. The van der Waals surface area contributed by atoms with E-state index in [0.717, 1.165) is 6.07 Å². The fourth-order valence-corrected chi connectivity index (χ4v) is 1.69. The molecule has 0 aliphatic rings. The van der Waals surface area contributed by atoms with Crippen LogP contribution in [0.15, 0.2) is 29.2 Å². The Labute approximate surface area is 109 Å². The number of benzene rings is 1. The molecule has 0 fully saturated rings. The van der Waals surface area contributed by atoms with Gasteiger partial charge in [-0.05, 0) is 40.3 Å². The van der Waals surface area contributed by atoms with Crippen LogP contribution in [0.2, 0.25) is 0 Å².